The minimum Gasteiger partial charge on any atom is -0.444 e. The van der Waals surface area contributed by atoms with Crippen LogP contribution in [0, 0.1) is 0 Å². The predicted molar refractivity (Wildman–Crippen MR) is 104 cm³/mol. The molecule has 0 heterocycles. The van der Waals surface area contributed by atoms with Gasteiger partial charge in [-0.15, -0.1) is 0 Å². The number of hydrogen-bond acceptors (Lipinski definition) is 3. The van der Waals surface area contributed by atoms with Gasteiger partial charge in [0, 0.05) is 28.5 Å². The minimum absolute atomic E-state index is 0.245. The van der Waals surface area contributed by atoms with Crippen molar-refractivity contribution in [1.29, 1.82) is 0 Å². The van der Waals surface area contributed by atoms with Gasteiger partial charge < -0.3 is 15.4 Å². The molecule has 2 saturated carbocycles. The molecule has 2 fully saturated rings. The average molecular weight is 409 g/mol. The third-order valence-corrected chi connectivity index (χ3v) is 5.52. The van der Waals surface area contributed by atoms with E-state index in [1.54, 1.807) is 0 Å². The maximum absolute atomic E-state index is 11.9. The van der Waals surface area contributed by atoms with Gasteiger partial charge in [0.25, 0.3) is 0 Å². The standard InChI is InChI=1S/C20H29BrN2O2/c1-20(2,3)25-19(24)23-16-10-8-15(9-11-16)22-18-12-17(18)13-4-6-14(21)7-5-13/h4-7,15-18,22H,8-12H2,1-3H3,(H,23,24)/t15-,16-,17-,18+/m0/s1. The molecule has 0 aromatic heterocycles. The van der Waals surface area contributed by atoms with Crippen molar-refractivity contribution in [3.63, 3.8) is 0 Å². The summed E-state index contributed by atoms with van der Waals surface area (Å²) in [5.41, 5.74) is 0.998. The second kappa shape index (κ2) is 7.67. The average Bonchev–Trinajstić information content (AvgIpc) is 3.27. The van der Waals surface area contributed by atoms with Crippen molar-refractivity contribution >= 4 is 22.0 Å². The molecule has 3 rings (SSSR count). The topological polar surface area (TPSA) is 50.4 Å². The molecule has 0 radical (unpaired) electrons. The van der Waals surface area contributed by atoms with Crippen molar-refractivity contribution in [3.05, 3.63) is 34.3 Å². The third kappa shape index (κ3) is 5.71. The highest BCUT2D eigenvalue weighted by molar-refractivity contribution is 9.10. The van der Waals surface area contributed by atoms with E-state index < -0.39 is 5.60 Å². The highest BCUT2D eigenvalue weighted by atomic mass is 79.9. The van der Waals surface area contributed by atoms with E-state index in [4.69, 9.17) is 4.74 Å². The molecule has 1 amide bonds. The fourth-order valence-corrected chi connectivity index (χ4v) is 3.90. The Kier molecular flexibility index (Phi) is 5.74. The second-order valence-electron chi connectivity index (χ2n) is 8.36. The minimum atomic E-state index is -0.434. The Morgan fingerprint density at radius 3 is 2.28 bits per heavy atom. The summed E-state index contributed by atoms with van der Waals surface area (Å²) in [7, 11) is 0. The zero-order valence-corrected chi connectivity index (χ0v) is 16.9. The second-order valence-corrected chi connectivity index (χ2v) is 9.28. The first kappa shape index (κ1) is 18.7. The Hall–Kier alpha value is -1.07. The quantitative estimate of drug-likeness (QED) is 0.756. The van der Waals surface area contributed by atoms with Gasteiger partial charge >= 0.3 is 6.09 Å². The van der Waals surface area contributed by atoms with Gasteiger partial charge in [-0.2, -0.15) is 0 Å². The summed E-state index contributed by atoms with van der Waals surface area (Å²) < 4.78 is 6.48. The van der Waals surface area contributed by atoms with Gasteiger partial charge in [-0.3, -0.25) is 0 Å². The van der Waals surface area contributed by atoms with Crippen LogP contribution in [-0.2, 0) is 4.74 Å². The Morgan fingerprint density at radius 1 is 1.08 bits per heavy atom. The number of carbonyl (C=O) groups excluding carboxylic acids is 1. The number of benzene rings is 1. The molecule has 0 bridgehead atoms. The van der Waals surface area contributed by atoms with Crippen LogP contribution >= 0.6 is 15.9 Å². The van der Waals surface area contributed by atoms with Crippen LogP contribution in [0.25, 0.3) is 0 Å². The lowest BCUT2D eigenvalue weighted by atomic mass is 9.91. The van der Waals surface area contributed by atoms with Crippen LogP contribution in [0.15, 0.2) is 28.7 Å². The van der Waals surface area contributed by atoms with Gasteiger partial charge in [-0.1, -0.05) is 28.1 Å². The number of amides is 1. The molecule has 2 aliphatic rings. The van der Waals surface area contributed by atoms with E-state index >= 15 is 0 Å². The molecule has 0 unspecified atom stereocenters. The molecule has 0 aliphatic heterocycles. The van der Waals surface area contributed by atoms with Gasteiger partial charge in [-0.05, 0) is 70.6 Å². The van der Waals surface area contributed by atoms with Gasteiger partial charge in [0.2, 0.25) is 0 Å². The molecule has 2 aliphatic carbocycles. The van der Waals surface area contributed by atoms with Gasteiger partial charge in [-0.25, -0.2) is 4.79 Å². The van der Waals surface area contributed by atoms with Crippen molar-refractivity contribution in [2.24, 2.45) is 0 Å². The fraction of sp³-hybridized carbons (Fsp3) is 0.650. The van der Waals surface area contributed by atoms with E-state index in [-0.39, 0.29) is 12.1 Å². The van der Waals surface area contributed by atoms with Gasteiger partial charge in [0.15, 0.2) is 0 Å². The zero-order valence-electron chi connectivity index (χ0n) is 15.3. The summed E-state index contributed by atoms with van der Waals surface area (Å²) in [4.78, 5) is 11.9. The largest absolute Gasteiger partial charge is 0.444 e. The number of carbonyl (C=O) groups is 1. The predicted octanol–water partition coefficient (Wildman–Crippen LogP) is 4.73. The Balaban J connectivity index is 1.37. The first-order valence-corrected chi connectivity index (χ1v) is 10.1. The third-order valence-electron chi connectivity index (χ3n) is 4.99. The van der Waals surface area contributed by atoms with E-state index in [1.807, 2.05) is 20.8 Å². The first-order valence-electron chi connectivity index (χ1n) is 9.31. The lowest BCUT2D eigenvalue weighted by Gasteiger charge is -2.30. The van der Waals surface area contributed by atoms with Crippen LogP contribution in [0.2, 0.25) is 0 Å². The lowest BCUT2D eigenvalue weighted by Crippen LogP contribution is -2.44. The first-order chi connectivity index (χ1) is 11.8. The summed E-state index contributed by atoms with van der Waals surface area (Å²) >= 11 is 3.49. The lowest BCUT2D eigenvalue weighted by molar-refractivity contribution is 0.0489. The SMILES string of the molecule is CC(C)(C)OC(=O)N[C@H]1CC[C@H](N[C@@H]2C[C@H]2c2ccc(Br)cc2)CC1. The highest BCUT2D eigenvalue weighted by Crippen LogP contribution is 2.42. The fourth-order valence-electron chi connectivity index (χ4n) is 3.64. The molecule has 138 valence electrons. The van der Waals surface area contributed by atoms with E-state index in [9.17, 15) is 4.79 Å². The van der Waals surface area contributed by atoms with Crippen LogP contribution in [0.5, 0.6) is 0 Å². The summed E-state index contributed by atoms with van der Waals surface area (Å²) in [6, 6.07) is 10.1. The Bertz CT molecular complexity index is 589. The highest BCUT2D eigenvalue weighted by Gasteiger charge is 2.40. The molecule has 0 saturated heterocycles. The smallest absolute Gasteiger partial charge is 0.407 e. The van der Waals surface area contributed by atoms with Crippen LogP contribution in [0.1, 0.15) is 64.4 Å². The summed E-state index contributed by atoms with van der Waals surface area (Å²) in [5, 5.41) is 6.82. The molecule has 1 aromatic rings. The maximum atomic E-state index is 11.9. The van der Waals surface area contributed by atoms with E-state index in [1.165, 1.54) is 12.0 Å². The van der Waals surface area contributed by atoms with Crippen LogP contribution in [0.4, 0.5) is 4.79 Å². The number of alkyl carbamates (subject to hydrolysis) is 1. The van der Waals surface area contributed by atoms with Crippen molar-refractivity contribution in [3.8, 4) is 0 Å². The van der Waals surface area contributed by atoms with Crippen LogP contribution < -0.4 is 10.6 Å². The molecule has 2 N–H and O–H groups in total. The molecule has 0 spiro atoms. The Morgan fingerprint density at radius 2 is 1.68 bits per heavy atom. The van der Waals surface area contributed by atoms with Crippen LogP contribution in [0.3, 0.4) is 0 Å². The van der Waals surface area contributed by atoms with E-state index in [0.29, 0.717) is 18.0 Å². The van der Waals surface area contributed by atoms with Crippen molar-refractivity contribution < 1.29 is 9.53 Å². The molecule has 4 nitrogen and oxygen atoms in total. The summed E-state index contributed by atoms with van der Waals surface area (Å²) in [6.45, 7) is 5.68. The number of nitrogens with one attached hydrogen (secondary N) is 2. The molecule has 25 heavy (non-hydrogen) atoms. The van der Waals surface area contributed by atoms with Crippen molar-refractivity contribution in [1.82, 2.24) is 10.6 Å². The maximum Gasteiger partial charge on any atom is 0.407 e. The van der Waals surface area contributed by atoms with E-state index in [2.05, 4.69) is 50.8 Å². The van der Waals surface area contributed by atoms with Crippen molar-refractivity contribution in [2.75, 3.05) is 0 Å². The number of ether oxygens (including phenoxy) is 1. The molecule has 2 atom stereocenters. The van der Waals surface area contributed by atoms with E-state index in [0.717, 1.165) is 30.2 Å². The van der Waals surface area contributed by atoms with Gasteiger partial charge in [0.1, 0.15) is 5.60 Å². The van der Waals surface area contributed by atoms with Crippen LogP contribution in [-0.4, -0.2) is 29.8 Å². The number of rotatable bonds is 4. The molecular formula is C20H29BrN2O2. The monoisotopic (exact) mass is 408 g/mol. The molecular weight excluding hydrogens is 380 g/mol. The van der Waals surface area contributed by atoms with Gasteiger partial charge in [0.05, 0.1) is 0 Å². The van der Waals surface area contributed by atoms with Crippen molar-refractivity contribution in [2.45, 2.75) is 82.5 Å². The molecule has 5 heteroatoms. The number of halogens is 1. The zero-order chi connectivity index (χ0) is 18.0. The summed E-state index contributed by atoms with van der Waals surface area (Å²) in [5.74, 6) is 0.658. The number of hydrogen-bond donors (Lipinski definition) is 2. The Labute approximate surface area is 159 Å². The normalized spacial score (nSPS) is 29.1. The molecule has 1 aromatic carbocycles. The summed E-state index contributed by atoms with van der Waals surface area (Å²) in [6.07, 6.45) is 5.21.